The van der Waals surface area contributed by atoms with Crippen LogP contribution in [-0.4, -0.2) is 32.7 Å². The largest absolute Gasteiger partial charge is 0.492 e. The Morgan fingerprint density at radius 1 is 1.50 bits per heavy atom. The van der Waals surface area contributed by atoms with Crippen LogP contribution >= 0.6 is 0 Å². The fourth-order valence-corrected chi connectivity index (χ4v) is 1.77. The summed E-state index contributed by atoms with van der Waals surface area (Å²) in [6.07, 6.45) is 0.879. The molecule has 86 valence electrons. The summed E-state index contributed by atoms with van der Waals surface area (Å²) in [5, 5.41) is 5.84. The minimum Gasteiger partial charge on any atom is -0.492 e. The third-order valence-corrected chi connectivity index (χ3v) is 2.62. The zero-order chi connectivity index (χ0) is 11.4. The highest BCUT2D eigenvalue weighted by Crippen LogP contribution is 2.20. The summed E-state index contributed by atoms with van der Waals surface area (Å²) in [7, 11) is 1.89. The van der Waals surface area contributed by atoms with E-state index in [1.54, 1.807) is 0 Å². The van der Waals surface area contributed by atoms with E-state index in [1.165, 1.54) is 0 Å². The Hall–Kier alpha value is -1.55. The highest BCUT2D eigenvalue weighted by atomic mass is 16.5. The molecule has 1 amide bonds. The second-order valence-corrected chi connectivity index (χ2v) is 3.78. The maximum atomic E-state index is 11.5. The summed E-state index contributed by atoms with van der Waals surface area (Å²) in [5.41, 5.74) is 1.85. The van der Waals surface area contributed by atoms with Crippen LogP contribution in [0.1, 0.15) is 15.9 Å². The van der Waals surface area contributed by atoms with Gasteiger partial charge in [-0.05, 0) is 37.2 Å². The van der Waals surface area contributed by atoms with Gasteiger partial charge < -0.3 is 15.4 Å². The van der Waals surface area contributed by atoms with Gasteiger partial charge in [-0.3, -0.25) is 4.79 Å². The van der Waals surface area contributed by atoms with E-state index in [0.717, 1.165) is 29.8 Å². The van der Waals surface area contributed by atoms with Crippen LogP contribution in [0, 0.1) is 0 Å². The molecule has 0 aliphatic carbocycles. The molecule has 4 nitrogen and oxygen atoms in total. The first-order valence-electron chi connectivity index (χ1n) is 5.50. The lowest BCUT2D eigenvalue weighted by Gasteiger charge is -2.17. The summed E-state index contributed by atoms with van der Waals surface area (Å²) >= 11 is 0. The first-order chi connectivity index (χ1) is 7.81. The second kappa shape index (κ2) is 4.99. The normalized spacial score (nSPS) is 14.2. The van der Waals surface area contributed by atoms with Crippen LogP contribution in [0.3, 0.4) is 0 Å². The number of fused-ring (bicyclic) bond motifs is 1. The van der Waals surface area contributed by atoms with Crippen molar-refractivity contribution in [2.24, 2.45) is 0 Å². The lowest BCUT2D eigenvalue weighted by molar-refractivity contribution is 0.0946. The number of benzene rings is 1. The van der Waals surface area contributed by atoms with Crippen LogP contribution in [0.5, 0.6) is 5.75 Å². The van der Waals surface area contributed by atoms with Gasteiger partial charge in [-0.25, -0.2) is 0 Å². The molecule has 1 aliphatic heterocycles. The van der Waals surface area contributed by atoms with Crippen LogP contribution in [-0.2, 0) is 6.42 Å². The SMILES string of the molecule is CNCCOc1ccc2c(c1)CCNC2=O. The molecule has 0 unspecified atom stereocenters. The van der Waals surface area contributed by atoms with Crippen molar-refractivity contribution < 1.29 is 9.53 Å². The smallest absolute Gasteiger partial charge is 0.251 e. The van der Waals surface area contributed by atoms with E-state index in [4.69, 9.17) is 4.74 Å². The fourth-order valence-electron chi connectivity index (χ4n) is 1.77. The Morgan fingerprint density at radius 2 is 2.38 bits per heavy atom. The van der Waals surface area contributed by atoms with Gasteiger partial charge in [-0.1, -0.05) is 0 Å². The fraction of sp³-hybridized carbons (Fsp3) is 0.417. The number of rotatable bonds is 4. The highest BCUT2D eigenvalue weighted by Gasteiger charge is 2.16. The van der Waals surface area contributed by atoms with Gasteiger partial charge in [0.05, 0.1) is 0 Å². The van der Waals surface area contributed by atoms with E-state index in [9.17, 15) is 4.79 Å². The van der Waals surface area contributed by atoms with Crippen LogP contribution in [0.4, 0.5) is 0 Å². The number of ether oxygens (including phenoxy) is 1. The maximum absolute atomic E-state index is 11.5. The Balaban J connectivity index is 2.09. The van der Waals surface area contributed by atoms with Crippen LogP contribution in [0.25, 0.3) is 0 Å². The van der Waals surface area contributed by atoms with Crippen molar-refractivity contribution in [1.82, 2.24) is 10.6 Å². The van der Waals surface area contributed by atoms with E-state index >= 15 is 0 Å². The lowest BCUT2D eigenvalue weighted by atomic mass is 10.0. The third kappa shape index (κ3) is 2.33. The molecule has 0 saturated heterocycles. The molecule has 0 spiro atoms. The Morgan fingerprint density at radius 3 is 3.19 bits per heavy atom. The molecule has 2 N–H and O–H groups in total. The lowest BCUT2D eigenvalue weighted by Crippen LogP contribution is -2.31. The third-order valence-electron chi connectivity index (χ3n) is 2.62. The predicted molar refractivity (Wildman–Crippen MR) is 61.9 cm³/mol. The van der Waals surface area contributed by atoms with Gasteiger partial charge in [0, 0.05) is 18.7 Å². The Labute approximate surface area is 95.0 Å². The average Bonchev–Trinajstić information content (AvgIpc) is 2.30. The molecule has 1 aromatic rings. The molecular weight excluding hydrogens is 204 g/mol. The molecule has 4 heteroatoms. The molecule has 2 rings (SSSR count). The van der Waals surface area contributed by atoms with Crippen molar-refractivity contribution in [3.8, 4) is 5.75 Å². The highest BCUT2D eigenvalue weighted by molar-refractivity contribution is 5.96. The van der Waals surface area contributed by atoms with Crippen LogP contribution < -0.4 is 15.4 Å². The van der Waals surface area contributed by atoms with Crippen molar-refractivity contribution >= 4 is 5.91 Å². The molecule has 0 bridgehead atoms. The number of amides is 1. The van der Waals surface area contributed by atoms with E-state index in [1.807, 2.05) is 25.2 Å². The molecule has 1 aromatic carbocycles. The summed E-state index contributed by atoms with van der Waals surface area (Å²) < 4.78 is 5.55. The molecular formula is C12H16N2O2. The van der Waals surface area contributed by atoms with Crippen molar-refractivity contribution in [2.45, 2.75) is 6.42 Å². The van der Waals surface area contributed by atoms with Crippen molar-refractivity contribution in [3.63, 3.8) is 0 Å². The summed E-state index contributed by atoms with van der Waals surface area (Å²) in [6, 6.07) is 5.64. The van der Waals surface area contributed by atoms with E-state index < -0.39 is 0 Å². The topological polar surface area (TPSA) is 50.4 Å². The zero-order valence-corrected chi connectivity index (χ0v) is 9.38. The van der Waals surface area contributed by atoms with E-state index in [2.05, 4.69) is 10.6 Å². The molecule has 1 aliphatic rings. The Kier molecular flexibility index (Phi) is 3.41. The molecule has 0 fully saturated rings. The van der Waals surface area contributed by atoms with Crippen molar-refractivity contribution in [1.29, 1.82) is 0 Å². The number of hydrogen-bond donors (Lipinski definition) is 2. The standard InChI is InChI=1S/C12H16N2O2/c1-13-6-7-16-10-2-3-11-9(8-10)4-5-14-12(11)15/h2-3,8,13H,4-7H2,1H3,(H,14,15). The number of carbonyl (C=O) groups is 1. The van der Waals surface area contributed by atoms with Gasteiger partial charge in [-0.15, -0.1) is 0 Å². The summed E-state index contributed by atoms with van der Waals surface area (Å²) in [6.45, 7) is 2.17. The van der Waals surface area contributed by atoms with Gasteiger partial charge in [0.25, 0.3) is 5.91 Å². The molecule has 0 aromatic heterocycles. The quantitative estimate of drug-likeness (QED) is 0.729. The van der Waals surface area contributed by atoms with Gasteiger partial charge in [0.15, 0.2) is 0 Å². The molecule has 0 saturated carbocycles. The van der Waals surface area contributed by atoms with Crippen molar-refractivity contribution in [2.75, 3.05) is 26.7 Å². The average molecular weight is 220 g/mol. The van der Waals surface area contributed by atoms with Crippen molar-refractivity contribution in [3.05, 3.63) is 29.3 Å². The first kappa shape index (κ1) is 11.0. The predicted octanol–water partition coefficient (Wildman–Crippen LogP) is 0.571. The number of hydrogen-bond acceptors (Lipinski definition) is 3. The second-order valence-electron chi connectivity index (χ2n) is 3.78. The van der Waals surface area contributed by atoms with E-state index in [-0.39, 0.29) is 5.91 Å². The zero-order valence-electron chi connectivity index (χ0n) is 9.38. The minimum atomic E-state index is 0.0167. The number of carbonyl (C=O) groups excluding carboxylic acids is 1. The number of likely N-dealkylation sites (N-methyl/N-ethyl adjacent to an activating group) is 1. The molecule has 16 heavy (non-hydrogen) atoms. The number of nitrogens with one attached hydrogen (secondary N) is 2. The first-order valence-corrected chi connectivity index (χ1v) is 5.50. The van der Waals surface area contributed by atoms with E-state index in [0.29, 0.717) is 13.2 Å². The monoisotopic (exact) mass is 220 g/mol. The maximum Gasteiger partial charge on any atom is 0.251 e. The minimum absolute atomic E-state index is 0.0167. The van der Waals surface area contributed by atoms with Crippen LogP contribution in [0.15, 0.2) is 18.2 Å². The summed E-state index contributed by atoms with van der Waals surface area (Å²) in [5.74, 6) is 0.853. The van der Waals surface area contributed by atoms with Gasteiger partial charge in [-0.2, -0.15) is 0 Å². The van der Waals surface area contributed by atoms with Gasteiger partial charge in [0.1, 0.15) is 12.4 Å². The molecule has 0 radical (unpaired) electrons. The Bertz CT molecular complexity index is 391. The summed E-state index contributed by atoms with van der Waals surface area (Å²) in [4.78, 5) is 11.5. The van der Waals surface area contributed by atoms with Gasteiger partial charge >= 0.3 is 0 Å². The van der Waals surface area contributed by atoms with Crippen LogP contribution in [0.2, 0.25) is 0 Å². The molecule has 0 atom stereocenters. The van der Waals surface area contributed by atoms with Gasteiger partial charge in [0.2, 0.25) is 0 Å². The molecule has 1 heterocycles.